The molecule has 0 unspecified atom stereocenters. The first kappa shape index (κ1) is 14.6. The Morgan fingerprint density at radius 1 is 1.09 bits per heavy atom. The fourth-order valence-electron chi connectivity index (χ4n) is 2.73. The molecule has 3 aromatic heterocycles. The molecule has 0 aliphatic carbocycles. The minimum Gasteiger partial charge on any atom is -0.373 e. The van der Waals surface area contributed by atoms with Crippen molar-refractivity contribution in [3.8, 4) is 11.3 Å². The van der Waals surface area contributed by atoms with Crippen LogP contribution in [0.15, 0.2) is 24.4 Å². The van der Waals surface area contributed by atoms with Crippen molar-refractivity contribution >= 4 is 16.9 Å². The third-order valence-corrected chi connectivity index (χ3v) is 4.03. The summed E-state index contributed by atoms with van der Waals surface area (Å²) in [5.74, 6) is 1.29. The lowest BCUT2D eigenvalue weighted by molar-refractivity contribution is 0.824. The smallest absolute Gasteiger partial charge is 0.135 e. The Bertz CT molecular complexity index is 830. The standard InChI is InChI=1S/C18H22N4/c1-10(2)14-7-6-13(18(19-5)21-14)16-11(3)8-15-17(22-16)12(4)9-20-15/h6-10,20H,1-5H3,(H,19,21). The molecule has 0 atom stereocenters. The molecule has 0 amide bonds. The van der Waals surface area contributed by atoms with Crippen LogP contribution < -0.4 is 5.32 Å². The van der Waals surface area contributed by atoms with Gasteiger partial charge in [-0.05, 0) is 49.1 Å². The van der Waals surface area contributed by atoms with E-state index in [0.717, 1.165) is 44.9 Å². The van der Waals surface area contributed by atoms with Crippen molar-refractivity contribution in [1.29, 1.82) is 0 Å². The Morgan fingerprint density at radius 2 is 1.86 bits per heavy atom. The van der Waals surface area contributed by atoms with Crippen LogP contribution in [0.3, 0.4) is 0 Å². The van der Waals surface area contributed by atoms with Crippen LogP contribution in [-0.2, 0) is 0 Å². The van der Waals surface area contributed by atoms with E-state index in [0.29, 0.717) is 5.92 Å². The minimum atomic E-state index is 0.407. The minimum absolute atomic E-state index is 0.407. The van der Waals surface area contributed by atoms with Crippen molar-refractivity contribution in [2.24, 2.45) is 0 Å². The lowest BCUT2D eigenvalue weighted by Crippen LogP contribution is -2.02. The van der Waals surface area contributed by atoms with E-state index >= 15 is 0 Å². The molecule has 3 heterocycles. The first-order chi connectivity index (χ1) is 10.5. The van der Waals surface area contributed by atoms with Gasteiger partial charge in [0.2, 0.25) is 0 Å². The summed E-state index contributed by atoms with van der Waals surface area (Å²) in [6, 6.07) is 6.37. The van der Waals surface area contributed by atoms with Crippen molar-refractivity contribution < 1.29 is 0 Å². The first-order valence-electron chi connectivity index (χ1n) is 7.65. The van der Waals surface area contributed by atoms with E-state index in [-0.39, 0.29) is 0 Å². The van der Waals surface area contributed by atoms with Gasteiger partial charge in [0.25, 0.3) is 0 Å². The fourth-order valence-corrected chi connectivity index (χ4v) is 2.73. The molecule has 0 aliphatic heterocycles. The summed E-state index contributed by atoms with van der Waals surface area (Å²) in [5.41, 5.74) is 7.53. The van der Waals surface area contributed by atoms with Crippen molar-refractivity contribution in [2.45, 2.75) is 33.6 Å². The molecular formula is C18H22N4. The molecule has 4 nitrogen and oxygen atoms in total. The molecule has 114 valence electrons. The van der Waals surface area contributed by atoms with Gasteiger partial charge in [-0.3, -0.25) is 0 Å². The van der Waals surface area contributed by atoms with Crippen molar-refractivity contribution in [1.82, 2.24) is 15.0 Å². The summed E-state index contributed by atoms with van der Waals surface area (Å²) >= 11 is 0. The van der Waals surface area contributed by atoms with E-state index < -0.39 is 0 Å². The van der Waals surface area contributed by atoms with Gasteiger partial charge in [0.15, 0.2) is 0 Å². The van der Waals surface area contributed by atoms with Crippen LogP contribution in [0.4, 0.5) is 5.82 Å². The molecule has 4 heteroatoms. The predicted molar refractivity (Wildman–Crippen MR) is 92.4 cm³/mol. The number of aromatic amines is 1. The number of nitrogens with zero attached hydrogens (tertiary/aromatic N) is 2. The Labute approximate surface area is 131 Å². The number of hydrogen-bond donors (Lipinski definition) is 2. The van der Waals surface area contributed by atoms with Gasteiger partial charge in [0, 0.05) is 24.5 Å². The fraction of sp³-hybridized carbons (Fsp3) is 0.333. The summed E-state index contributed by atoms with van der Waals surface area (Å²) in [5, 5.41) is 3.21. The van der Waals surface area contributed by atoms with E-state index in [2.05, 4.69) is 56.2 Å². The zero-order valence-corrected chi connectivity index (χ0v) is 13.8. The largest absolute Gasteiger partial charge is 0.373 e. The summed E-state index contributed by atoms with van der Waals surface area (Å²) in [4.78, 5) is 12.9. The number of aromatic nitrogens is 3. The van der Waals surface area contributed by atoms with Gasteiger partial charge in [-0.2, -0.15) is 0 Å². The highest BCUT2D eigenvalue weighted by molar-refractivity contribution is 5.85. The number of aryl methyl sites for hydroxylation is 2. The zero-order chi connectivity index (χ0) is 15.9. The Hall–Kier alpha value is -2.36. The van der Waals surface area contributed by atoms with Crippen LogP contribution in [0.1, 0.15) is 36.6 Å². The van der Waals surface area contributed by atoms with E-state index in [9.17, 15) is 0 Å². The molecule has 0 aliphatic rings. The predicted octanol–water partition coefficient (Wildman–Crippen LogP) is 4.41. The monoisotopic (exact) mass is 294 g/mol. The number of pyridine rings is 2. The third kappa shape index (κ3) is 2.34. The molecule has 3 rings (SSSR count). The van der Waals surface area contributed by atoms with Crippen LogP contribution >= 0.6 is 0 Å². The second-order valence-corrected chi connectivity index (χ2v) is 6.06. The van der Waals surface area contributed by atoms with E-state index in [4.69, 9.17) is 9.97 Å². The maximum atomic E-state index is 4.88. The molecule has 0 radical (unpaired) electrons. The van der Waals surface area contributed by atoms with Crippen LogP contribution in [0.5, 0.6) is 0 Å². The van der Waals surface area contributed by atoms with E-state index in [1.807, 2.05) is 13.2 Å². The maximum Gasteiger partial charge on any atom is 0.135 e. The number of fused-ring (bicyclic) bond motifs is 1. The van der Waals surface area contributed by atoms with Crippen LogP contribution in [0.25, 0.3) is 22.3 Å². The molecular weight excluding hydrogens is 272 g/mol. The topological polar surface area (TPSA) is 53.6 Å². The van der Waals surface area contributed by atoms with E-state index in [1.165, 1.54) is 0 Å². The van der Waals surface area contributed by atoms with Gasteiger partial charge < -0.3 is 10.3 Å². The quantitative estimate of drug-likeness (QED) is 0.752. The van der Waals surface area contributed by atoms with Crippen molar-refractivity contribution in [3.05, 3.63) is 41.2 Å². The number of rotatable bonds is 3. The second-order valence-electron chi connectivity index (χ2n) is 6.06. The zero-order valence-electron chi connectivity index (χ0n) is 13.8. The summed E-state index contributed by atoms with van der Waals surface area (Å²) in [6.45, 7) is 8.47. The van der Waals surface area contributed by atoms with Crippen molar-refractivity contribution in [3.63, 3.8) is 0 Å². The Morgan fingerprint density at radius 3 is 2.55 bits per heavy atom. The summed E-state index contributed by atoms with van der Waals surface area (Å²) in [6.07, 6.45) is 2.00. The van der Waals surface area contributed by atoms with Gasteiger partial charge in [-0.15, -0.1) is 0 Å². The first-order valence-corrected chi connectivity index (χ1v) is 7.65. The molecule has 0 spiro atoms. The molecule has 22 heavy (non-hydrogen) atoms. The van der Waals surface area contributed by atoms with Gasteiger partial charge in [0.1, 0.15) is 5.82 Å². The highest BCUT2D eigenvalue weighted by Gasteiger charge is 2.14. The number of H-pyrrole nitrogens is 1. The lowest BCUT2D eigenvalue weighted by Gasteiger charge is -2.13. The van der Waals surface area contributed by atoms with Crippen LogP contribution in [-0.4, -0.2) is 22.0 Å². The summed E-state index contributed by atoms with van der Waals surface area (Å²) in [7, 11) is 1.91. The van der Waals surface area contributed by atoms with Gasteiger partial charge in [-0.25, -0.2) is 9.97 Å². The highest BCUT2D eigenvalue weighted by Crippen LogP contribution is 2.31. The average molecular weight is 294 g/mol. The van der Waals surface area contributed by atoms with Crippen molar-refractivity contribution in [2.75, 3.05) is 12.4 Å². The molecule has 0 saturated heterocycles. The van der Waals surface area contributed by atoms with Gasteiger partial charge >= 0.3 is 0 Å². The Balaban J connectivity index is 2.22. The number of anilines is 1. The molecule has 0 saturated carbocycles. The normalized spacial score (nSPS) is 11.4. The van der Waals surface area contributed by atoms with Crippen LogP contribution in [0, 0.1) is 13.8 Å². The molecule has 0 aromatic carbocycles. The number of hydrogen-bond acceptors (Lipinski definition) is 3. The van der Waals surface area contributed by atoms with Crippen LogP contribution in [0.2, 0.25) is 0 Å². The maximum absolute atomic E-state index is 4.88. The average Bonchev–Trinajstić information content (AvgIpc) is 2.86. The number of nitrogens with one attached hydrogen (secondary N) is 2. The highest BCUT2D eigenvalue weighted by atomic mass is 15.0. The second kappa shape index (κ2) is 5.44. The molecule has 0 fully saturated rings. The van der Waals surface area contributed by atoms with Gasteiger partial charge in [0.05, 0.1) is 16.7 Å². The molecule has 2 N–H and O–H groups in total. The van der Waals surface area contributed by atoms with Gasteiger partial charge in [-0.1, -0.05) is 13.8 Å². The molecule has 0 bridgehead atoms. The Kier molecular flexibility index (Phi) is 3.61. The summed E-state index contributed by atoms with van der Waals surface area (Å²) < 4.78 is 0. The molecule has 3 aromatic rings. The third-order valence-electron chi connectivity index (χ3n) is 4.03. The lowest BCUT2D eigenvalue weighted by atomic mass is 10.0. The van der Waals surface area contributed by atoms with E-state index in [1.54, 1.807) is 0 Å². The SMILES string of the molecule is CNc1nc(C(C)C)ccc1-c1nc2c(C)c[nH]c2cc1C.